The molecule has 4 rings (SSSR count). The molecule has 0 bridgehead atoms. The normalized spacial score (nSPS) is 17.9. The second-order valence-electron chi connectivity index (χ2n) is 8.57. The number of aliphatic hydroxyl groups is 1. The van der Waals surface area contributed by atoms with Crippen molar-refractivity contribution in [2.45, 2.75) is 18.4 Å². The average Bonchev–Trinajstić information content (AvgIpc) is 3.41. The summed E-state index contributed by atoms with van der Waals surface area (Å²) in [5.74, 6) is -1.84. The molecule has 2 unspecified atom stereocenters. The third-order valence-corrected chi connectivity index (χ3v) is 6.57. The van der Waals surface area contributed by atoms with E-state index in [4.69, 9.17) is 16.3 Å². The van der Waals surface area contributed by atoms with Crippen LogP contribution in [0.5, 0.6) is 0 Å². The average molecular weight is 520 g/mol. The highest BCUT2D eigenvalue weighted by molar-refractivity contribution is 6.34. The van der Waals surface area contributed by atoms with Gasteiger partial charge >= 0.3 is 6.03 Å². The maximum absolute atomic E-state index is 14.0. The number of likely N-dealkylation sites (tertiary alicyclic amines) is 1. The van der Waals surface area contributed by atoms with Crippen molar-refractivity contribution in [3.05, 3.63) is 76.4 Å². The van der Waals surface area contributed by atoms with Crippen molar-refractivity contribution in [1.82, 2.24) is 20.0 Å². The molecule has 3 aromatic rings. The molecule has 0 aliphatic carbocycles. The summed E-state index contributed by atoms with van der Waals surface area (Å²) in [7, 11) is 1.61. The standard InChI is InChI=1S/C25H28ClF2N5O3/c1-36-12-10-32-14-18(16-7-8-19(27)20(28)13-16)22(15-32)29-25(35)30-24-23(26)21(9-11-34)31-33(24)17-5-3-2-4-6-17/h2-8,13,18,22,34H,9-12,14-15H2,1H3,(H2,29,30,35). The molecule has 1 fully saturated rings. The number of urea groups is 1. The number of amides is 2. The van der Waals surface area contributed by atoms with Gasteiger partial charge in [0.15, 0.2) is 17.5 Å². The molecule has 11 heteroatoms. The van der Waals surface area contributed by atoms with E-state index >= 15 is 0 Å². The minimum atomic E-state index is -0.930. The number of methoxy groups -OCH3 is 1. The lowest BCUT2D eigenvalue weighted by molar-refractivity contribution is 0.159. The third kappa shape index (κ3) is 5.84. The molecular formula is C25H28ClF2N5O3. The molecule has 0 radical (unpaired) electrons. The molecule has 1 aromatic heterocycles. The maximum atomic E-state index is 14.0. The van der Waals surface area contributed by atoms with Crippen LogP contribution in [0, 0.1) is 11.6 Å². The Balaban J connectivity index is 1.56. The van der Waals surface area contributed by atoms with E-state index in [1.807, 2.05) is 30.3 Å². The van der Waals surface area contributed by atoms with Crippen LogP contribution in [0.25, 0.3) is 5.69 Å². The summed E-state index contributed by atoms with van der Waals surface area (Å²) in [6.07, 6.45) is 0.226. The summed E-state index contributed by atoms with van der Waals surface area (Å²) < 4.78 is 34.2. The fraction of sp³-hybridized carbons (Fsp3) is 0.360. The van der Waals surface area contributed by atoms with E-state index in [0.717, 1.165) is 6.07 Å². The van der Waals surface area contributed by atoms with Crippen molar-refractivity contribution < 1.29 is 23.4 Å². The zero-order chi connectivity index (χ0) is 25.7. The quantitative estimate of drug-likeness (QED) is 0.402. The molecule has 0 spiro atoms. The molecule has 1 aliphatic rings. The molecule has 36 heavy (non-hydrogen) atoms. The number of para-hydroxylation sites is 1. The predicted molar refractivity (Wildman–Crippen MR) is 133 cm³/mol. The monoisotopic (exact) mass is 519 g/mol. The first-order valence-corrected chi connectivity index (χ1v) is 12.0. The number of hydrogen-bond donors (Lipinski definition) is 3. The Labute approximate surface area is 212 Å². The largest absolute Gasteiger partial charge is 0.396 e. The summed E-state index contributed by atoms with van der Waals surface area (Å²) in [6.45, 7) is 2.04. The maximum Gasteiger partial charge on any atom is 0.320 e. The summed E-state index contributed by atoms with van der Waals surface area (Å²) in [5, 5.41) is 19.8. The van der Waals surface area contributed by atoms with Gasteiger partial charge in [-0.1, -0.05) is 35.9 Å². The molecule has 2 amide bonds. The number of carbonyl (C=O) groups excluding carboxylic acids is 1. The van der Waals surface area contributed by atoms with Gasteiger partial charge in [0.1, 0.15) is 5.02 Å². The van der Waals surface area contributed by atoms with Crippen LogP contribution in [0.15, 0.2) is 48.5 Å². The molecule has 1 saturated heterocycles. The van der Waals surface area contributed by atoms with Gasteiger partial charge < -0.3 is 15.2 Å². The number of halogens is 3. The minimum Gasteiger partial charge on any atom is -0.396 e. The van der Waals surface area contributed by atoms with Gasteiger partial charge in [-0.15, -0.1) is 0 Å². The van der Waals surface area contributed by atoms with Crippen LogP contribution in [-0.4, -0.2) is 71.8 Å². The summed E-state index contributed by atoms with van der Waals surface area (Å²) >= 11 is 6.52. The fourth-order valence-electron chi connectivity index (χ4n) is 4.40. The van der Waals surface area contributed by atoms with E-state index in [0.29, 0.717) is 43.2 Å². The first kappa shape index (κ1) is 26.0. The highest BCUT2D eigenvalue weighted by atomic mass is 35.5. The molecule has 2 atom stereocenters. The summed E-state index contributed by atoms with van der Waals surface area (Å²) in [6, 6.07) is 12.1. The van der Waals surface area contributed by atoms with Crippen molar-refractivity contribution >= 4 is 23.4 Å². The molecule has 2 heterocycles. The van der Waals surface area contributed by atoms with Gasteiger partial charge in [-0.2, -0.15) is 5.10 Å². The number of nitrogens with one attached hydrogen (secondary N) is 2. The predicted octanol–water partition coefficient (Wildman–Crippen LogP) is 3.57. The highest BCUT2D eigenvalue weighted by Crippen LogP contribution is 2.31. The molecular weight excluding hydrogens is 492 g/mol. The summed E-state index contributed by atoms with van der Waals surface area (Å²) in [5.41, 5.74) is 1.73. The zero-order valence-electron chi connectivity index (χ0n) is 19.8. The zero-order valence-corrected chi connectivity index (χ0v) is 20.5. The number of aromatic nitrogens is 2. The van der Waals surface area contributed by atoms with Crippen molar-refractivity contribution in [1.29, 1.82) is 0 Å². The van der Waals surface area contributed by atoms with E-state index in [-0.39, 0.29) is 35.8 Å². The Morgan fingerprint density at radius 2 is 1.97 bits per heavy atom. The van der Waals surface area contributed by atoms with Crippen molar-refractivity contribution in [2.24, 2.45) is 0 Å². The van der Waals surface area contributed by atoms with Crippen LogP contribution >= 0.6 is 11.6 Å². The van der Waals surface area contributed by atoms with Crippen molar-refractivity contribution in [3.63, 3.8) is 0 Å². The van der Waals surface area contributed by atoms with E-state index < -0.39 is 17.7 Å². The summed E-state index contributed by atoms with van der Waals surface area (Å²) in [4.78, 5) is 15.2. The van der Waals surface area contributed by atoms with Gasteiger partial charge in [0.2, 0.25) is 0 Å². The molecule has 8 nitrogen and oxygen atoms in total. The van der Waals surface area contributed by atoms with Gasteiger partial charge in [-0.3, -0.25) is 10.2 Å². The number of aliphatic hydroxyl groups excluding tert-OH is 1. The number of hydrogen-bond acceptors (Lipinski definition) is 5. The van der Waals surface area contributed by atoms with E-state index in [1.54, 1.807) is 7.11 Å². The molecule has 0 saturated carbocycles. The number of rotatable bonds is 9. The van der Waals surface area contributed by atoms with E-state index in [2.05, 4.69) is 20.6 Å². The molecule has 3 N–H and O–H groups in total. The van der Waals surface area contributed by atoms with Crippen LogP contribution in [0.1, 0.15) is 17.2 Å². The first-order valence-electron chi connectivity index (χ1n) is 11.6. The SMILES string of the molecule is COCCN1CC(NC(=O)Nc2c(Cl)c(CCO)nn2-c2ccccc2)C(c2ccc(F)c(F)c2)C1. The lowest BCUT2D eigenvalue weighted by atomic mass is 9.94. The molecule has 1 aliphatic heterocycles. The van der Waals surface area contributed by atoms with Crippen LogP contribution in [0.2, 0.25) is 5.02 Å². The second-order valence-corrected chi connectivity index (χ2v) is 8.95. The number of carbonyl (C=O) groups is 1. The molecule has 192 valence electrons. The lowest BCUT2D eigenvalue weighted by Gasteiger charge is -2.21. The third-order valence-electron chi connectivity index (χ3n) is 6.17. The van der Waals surface area contributed by atoms with Gasteiger partial charge in [0.25, 0.3) is 0 Å². The fourth-order valence-corrected chi connectivity index (χ4v) is 4.66. The lowest BCUT2D eigenvalue weighted by Crippen LogP contribution is -2.42. The Bertz CT molecular complexity index is 1190. The molecule has 2 aromatic carbocycles. The van der Waals surface area contributed by atoms with Crippen LogP contribution in [0.3, 0.4) is 0 Å². The van der Waals surface area contributed by atoms with E-state index in [9.17, 15) is 18.7 Å². The minimum absolute atomic E-state index is 0.146. The van der Waals surface area contributed by atoms with Crippen LogP contribution < -0.4 is 10.6 Å². The van der Waals surface area contributed by atoms with Crippen molar-refractivity contribution in [3.8, 4) is 5.69 Å². The van der Waals surface area contributed by atoms with E-state index in [1.165, 1.54) is 16.8 Å². The Morgan fingerprint density at radius 1 is 1.19 bits per heavy atom. The van der Waals surface area contributed by atoms with Gasteiger partial charge in [0, 0.05) is 45.7 Å². The van der Waals surface area contributed by atoms with Gasteiger partial charge in [-0.05, 0) is 29.8 Å². The first-order chi connectivity index (χ1) is 17.4. The highest BCUT2D eigenvalue weighted by Gasteiger charge is 2.35. The van der Waals surface area contributed by atoms with Crippen LogP contribution in [-0.2, 0) is 11.2 Å². The number of anilines is 1. The second kappa shape index (κ2) is 11.8. The number of benzene rings is 2. The van der Waals surface area contributed by atoms with Gasteiger partial charge in [-0.25, -0.2) is 18.3 Å². The smallest absolute Gasteiger partial charge is 0.320 e. The Morgan fingerprint density at radius 3 is 2.67 bits per heavy atom. The number of nitrogens with zero attached hydrogens (tertiary/aromatic N) is 3. The van der Waals surface area contributed by atoms with Crippen molar-refractivity contribution in [2.75, 3.05) is 45.3 Å². The Hall–Kier alpha value is -3.05. The Kier molecular flexibility index (Phi) is 8.52. The van der Waals surface area contributed by atoms with Gasteiger partial charge in [0.05, 0.1) is 24.0 Å². The topological polar surface area (TPSA) is 91.7 Å². The number of ether oxygens (including phenoxy) is 1. The van der Waals surface area contributed by atoms with Crippen LogP contribution in [0.4, 0.5) is 19.4 Å².